The summed E-state index contributed by atoms with van der Waals surface area (Å²) in [7, 11) is 0. The van der Waals surface area contributed by atoms with Gasteiger partial charge in [-0.05, 0) is 23.8 Å². The van der Waals surface area contributed by atoms with Crippen LogP contribution < -0.4 is 5.32 Å². The number of imidazole rings is 1. The average molecular weight is 301 g/mol. The van der Waals surface area contributed by atoms with Crippen molar-refractivity contribution < 1.29 is 9.18 Å². The second-order valence-corrected chi connectivity index (χ2v) is 5.29. The lowest BCUT2D eigenvalue weighted by atomic mass is 10.2. The molecule has 0 bridgehead atoms. The summed E-state index contributed by atoms with van der Waals surface area (Å²) >= 11 is 1.54. The summed E-state index contributed by atoms with van der Waals surface area (Å²) in [6, 6.07) is 6.03. The number of thiazole rings is 1. The van der Waals surface area contributed by atoms with Gasteiger partial charge in [0.1, 0.15) is 5.82 Å². The quantitative estimate of drug-likeness (QED) is 0.753. The summed E-state index contributed by atoms with van der Waals surface area (Å²) in [6.07, 6.45) is 6.80. The first-order chi connectivity index (χ1) is 10.2. The van der Waals surface area contributed by atoms with E-state index in [2.05, 4.69) is 10.3 Å². The van der Waals surface area contributed by atoms with Gasteiger partial charge in [-0.2, -0.15) is 0 Å². The molecule has 2 aromatic heterocycles. The first-order valence-corrected chi connectivity index (χ1v) is 7.21. The number of carbonyl (C=O) groups is 1. The molecule has 3 rings (SSSR count). The molecular weight excluding hydrogens is 289 g/mol. The number of fused-ring (bicyclic) bond motifs is 1. The Morgan fingerprint density at radius 3 is 3.00 bits per heavy atom. The maximum Gasteiger partial charge on any atom is 0.244 e. The fourth-order valence-corrected chi connectivity index (χ4v) is 2.58. The van der Waals surface area contributed by atoms with Crippen LogP contribution in [0.3, 0.4) is 0 Å². The van der Waals surface area contributed by atoms with Gasteiger partial charge < -0.3 is 5.32 Å². The molecule has 0 aliphatic rings. The Bertz CT molecular complexity index is 789. The molecule has 106 valence electrons. The minimum Gasteiger partial charge on any atom is -0.348 e. The van der Waals surface area contributed by atoms with E-state index >= 15 is 0 Å². The first-order valence-electron chi connectivity index (χ1n) is 6.33. The summed E-state index contributed by atoms with van der Waals surface area (Å²) < 4.78 is 14.7. The fourth-order valence-electron chi connectivity index (χ4n) is 1.88. The van der Waals surface area contributed by atoms with E-state index in [9.17, 15) is 9.18 Å². The monoisotopic (exact) mass is 301 g/mol. The maximum atomic E-state index is 12.8. The van der Waals surface area contributed by atoms with E-state index in [1.165, 1.54) is 29.5 Å². The smallest absolute Gasteiger partial charge is 0.244 e. The normalized spacial score (nSPS) is 11.3. The van der Waals surface area contributed by atoms with Crippen LogP contribution in [-0.4, -0.2) is 15.3 Å². The Hall–Kier alpha value is -2.47. The Kier molecular flexibility index (Phi) is 3.79. The fraction of sp³-hybridized carbons (Fsp3) is 0.0667. The third-order valence-electron chi connectivity index (χ3n) is 2.96. The van der Waals surface area contributed by atoms with Crippen molar-refractivity contribution in [3.63, 3.8) is 0 Å². The van der Waals surface area contributed by atoms with E-state index in [0.717, 1.165) is 16.2 Å². The molecule has 0 radical (unpaired) electrons. The number of aromatic nitrogens is 2. The SMILES string of the molecule is O=C(/C=C/c1cnc2sccn12)NCc1ccc(F)cc1. The minimum atomic E-state index is -0.287. The molecule has 3 aromatic rings. The highest BCUT2D eigenvalue weighted by Gasteiger charge is 2.02. The summed E-state index contributed by atoms with van der Waals surface area (Å²) in [4.78, 5) is 16.9. The Balaban J connectivity index is 1.60. The Morgan fingerprint density at radius 2 is 2.19 bits per heavy atom. The average Bonchev–Trinajstić information content (AvgIpc) is 3.08. The molecule has 0 spiro atoms. The zero-order valence-electron chi connectivity index (χ0n) is 11.0. The molecule has 0 aliphatic heterocycles. The molecule has 1 amide bonds. The molecule has 2 heterocycles. The van der Waals surface area contributed by atoms with Crippen molar-refractivity contribution in [2.24, 2.45) is 0 Å². The van der Waals surface area contributed by atoms with E-state index in [1.54, 1.807) is 24.4 Å². The number of hydrogen-bond acceptors (Lipinski definition) is 3. The number of amides is 1. The number of halogens is 1. The van der Waals surface area contributed by atoms with Crippen molar-refractivity contribution in [2.45, 2.75) is 6.54 Å². The highest BCUT2D eigenvalue weighted by atomic mass is 32.1. The van der Waals surface area contributed by atoms with E-state index in [4.69, 9.17) is 0 Å². The number of nitrogens with one attached hydrogen (secondary N) is 1. The molecule has 0 unspecified atom stereocenters. The summed E-state index contributed by atoms with van der Waals surface area (Å²) in [5.41, 5.74) is 1.70. The van der Waals surface area contributed by atoms with Gasteiger partial charge in [-0.3, -0.25) is 9.20 Å². The van der Waals surface area contributed by atoms with Gasteiger partial charge in [0.25, 0.3) is 0 Å². The van der Waals surface area contributed by atoms with Gasteiger partial charge in [0.2, 0.25) is 5.91 Å². The molecule has 0 aliphatic carbocycles. The van der Waals surface area contributed by atoms with Crippen LogP contribution in [0.25, 0.3) is 11.0 Å². The lowest BCUT2D eigenvalue weighted by Gasteiger charge is -2.02. The van der Waals surface area contributed by atoms with Gasteiger partial charge in [-0.15, -0.1) is 11.3 Å². The predicted octanol–water partition coefficient (Wildman–Crippen LogP) is 2.86. The zero-order chi connectivity index (χ0) is 14.7. The molecule has 0 fully saturated rings. The first kappa shape index (κ1) is 13.5. The van der Waals surface area contributed by atoms with Crippen molar-refractivity contribution in [1.82, 2.24) is 14.7 Å². The molecule has 1 N–H and O–H groups in total. The molecule has 4 nitrogen and oxygen atoms in total. The Labute approximate surface area is 124 Å². The van der Waals surface area contributed by atoms with Gasteiger partial charge in [0.05, 0.1) is 11.9 Å². The number of carbonyl (C=O) groups excluding carboxylic acids is 1. The second-order valence-electron chi connectivity index (χ2n) is 4.42. The minimum absolute atomic E-state index is 0.204. The summed E-state index contributed by atoms with van der Waals surface area (Å²) in [5, 5.41) is 4.69. The van der Waals surface area contributed by atoms with Crippen LogP contribution in [0.2, 0.25) is 0 Å². The van der Waals surface area contributed by atoms with Crippen molar-refractivity contribution >= 4 is 28.3 Å². The van der Waals surface area contributed by atoms with Crippen LogP contribution in [0.5, 0.6) is 0 Å². The number of rotatable bonds is 4. The second kappa shape index (κ2) is 5.88. The van der Waals surface area contributed by atoms with Gasteiger partial charge in [-0.25, -0.2) is 9.37 Å². The van der Waals surface area contributed by atoms with E-state index in [0.29, 0.717) is 6.54 Å². The van der Waals surface area contributed by atoms with Crippen LogP contribution in [0.4, 0.5) is 4.39 Å². The van der Waals surface area contributed by atoms with Crippen LogP contribution >= 0.6 is 11.3 Å². The van der Waals surface area contributed by atoms with Crippen LogP contribution in [-0.2, 0) is 11.3 Å². The highest BCUT2D eigenvalue weighted by molar-refractivity contribution is 7.15. The summed E-state index contributed by atoms with van der Waals surface area (Å²) in [6.45, 7) is 0.365. The van der Waals surface area contributed by atoms with Crippen LogP contribution in [0, 0.1) is 5.82 Å². The topological polar surface area (TPSA) is 46.4 Å². The third-order valence-corrected chi connectivity index (χ3v) is 3.73. The lowest BCUT2D eigenvalue weighted by Crippen LogP contribution is -2.20. The standard InChI is InChI=1S/C15H12FN3OS/c16-12-3-1-11(2-4-12)9-17-14(20)6-5-13-10-18-15-19(13)7-8-21-15/h1-8,10H,9H2,(H,17,20)/b6-5+. The van der Waals surface area contributed by atoms with Crippen LogP contribution in [0.1, 0.15) is 11.3 Å². The third kappa shape index (κ3) is 3.17. The molecule has 0 saturated carbocycles. The number of benzene rings is 1. The van der Waals surface area contributed by atoms with Crippen molar-refractivity contribution in [3.05, 3.63) is 65.2 Å². The van der Waals surface area contributed by atoms with Crippen LogP contribution in [0.15, 0.2) is 48.1 Å². The predicted molar refractivity (Wildman–Crippen MR) is 80.3 cm³/mol. The number of hydrogen-bond donors (Lipinski definition) is 1. The molecule has 6 heteroatoms. The maximum absolute atomic E-state index is 12.8. The molecule has 0 atom stereocenters. The highest BCUT2D eigenvalue weighted by Crippen LogP contribution is 2.13. The lowest BCUT2D eigenvalue weighted by molar-refractivity contribution is -0.116. The van der Waals surface area contributed by atoms with E-state index in [-0.39, 0.29) is 11.7 Å². The molecule has 21 heavy (non-hydrogen) atoms. The van der Waals surface area contributed by atoms with E-state index < -0.39 is 0 Å². The summed E-state index contributed by atoms with van der Waals surface area (Å²) in [5.74, 6) is -0.491. The molecule has 1 aromatic carbocycles. The molecule has 0 saturated heterocycles. The van der Waals surface area contributed by atoms with Crippen molar-refractivity contribution in [1.29, 1.82) is 0 Å². The van der Waals surface area contributed by atoms with Gasteiger partial charge >= 0.3 is 0 Å². The van der Waals surface area contributed by atoms with Gasteiger partial charge in [-0.1, -0.05) is 12.1 Å². The van der Waals surface area contributed by atoms with Gasteiger partial charge in [0, 0.05) is 24.2 Å². The molecular formula is C15H12FN3OS. The van der Waals surface area contributed by atoms with Crippen molar-refractivity contribution in [3.8, 4) is 0 Å². The van der Waals surface area contributed by atoms with Gasteiger partial charge in [0.15, 0.2) is 4.96 Å². The van der Waals surface area contributed by atoms with E-state index in [1.807, 2.05) is 16.0 Å². The number of nitrogens with zero attached hydrogens (tertiary/aromatic N) is 2. The Morgan fingerprint density at radius 1 is 1.38 bits per heavy atom. The largest absolute Gasteiger partial charge is 0.348 e. The zero-order valence-corrected chi connectivity index (χ0v) is 11.8. The van der Waals surface area contributed by atoms with Crippen molar-refractivity contribution in [2.75, 3.05) is 0 Å².